The van der Waals surface area contributed by atoms with E-state index in [9.17, 15) is 18.8 Å². The number of ether oxygens (including phenoxy) is 2. The third-order valence-corrected chi connectivity index (χ3v) is 4.30. The van der Waals surface area contributed by atoms with Crippen molar-refractivity contribution >= 4 is 18.0 Å². The second-order valence-corrected chi connectivity index (χ2v) is 8.24. The summed E-state index contributed by atoms with van der Waals surface area (Å²) in [5.74, 6) is -1.06. The van der Waals surface area contributed by atoms with Gasteiger partial charge in [-0.05, 0) is 46.1 Å². The number of alkyl carbamates (subject to hydrolysis) is 1. The molecule has 0 fully saturated rings. The van der Waals surface area contributed by atoms with Crippen LogP contribution in [0.1, 0.15) is 58.9 Å². The molecule has 0 aliphatic rings. The van der Waals surface area contributed by atoms with Crippen molar-refractivity contribution in [2.24, 2.45) is 0 Å². The number of hydrogen-bond donors (Lipinski definition) is 2. The normalized spacial score (nSPS) is 13.1. The van der Waals surface area contributed by atoms with Crippen molar-refractivity contribution in [3.8, 4) is 0 Å². The van der Waals surface area contributed by atoms with E-state index in [1.807, 2.05) is 30.3 Å². The molecule has 0 bridgehead atoms. The second kappa shape index (κ2) is 13.6. The Morgan fingerprint density at radius 1 is 1.00 bits per heavy atom. The molecule has 1 rings (SSSR count). The highest BCUT2D eigenvalue weighted by Crippen LogP contribution is 2.10. The highest BCUT2D eigenvalue weighted by atomic mass is 19.1. The van der Waals surface area contributed by atoms with E-state index >= 15 is 0 Å². The number of carbonyl (C=O) groups excluding carboxylic acids is 3. The number of halogens is 1. The predicted octanol–water partition coefficient (Wildman–Crippen LogP) is 3.70. The van der Waals surface area contributed by atoms with Crippen molar-refractivity contribution in [3.05, 3.63) is 35.9 Å². The molecule has 0 aliphatic heterocycles. The molecule has 0 aromatic heterocycles. The molecule has 2 N–H and O–H groups in total. The molecule has 0 spiro atoms. The Morgan fingerprint density at radius 3 is 2.26 bits per heavy atom. The number of rotatable bonds is 12. The van der Waals surface area contributed by atoms with Gasteiger partial charge in [-0.25, -0.2) is 9.59 Å². The van der Waals surface area contributed by atoms with Crippen molar-refractivity contribution in [2.45, 2.75) is 77.5 Å². The van der Waals surface area contributed by atoms with E-state index in [0.717, 1.165) is 5.56 Å². The fourth-order valence-corrected chi connectivity index (χ4v) is 2.89. The molecule has 31 heavy (non-hydrogen) atoms. The Hall–Kier alpha value is -2.64. The summed E-state index contributed by atoms with van der Waals surface area (Å²) in [6, 6.07) is 7.40. The summed E-state index contributed by atoms with van der Waals surface area (Å²) in [6.07, 6.45) is 1.40. The van der Waals surface area contributed by atoms with Crippen molar-refractivity contribution in [3.63, 3.8) is 0 Å². The van der Waals surface area contributed by atoms with Gasteiger partial charge in [0, 0.05) is 6.42 Å². The summed E-state index contributed by atoms with van der Waals surface area (Å²) < 4.78 is 22.7. The fraction of sp³-hybridized carbons (Fsp3) is 0.609. The molecular formula is C23H35FN2O5. The van der Waals surface area contributed by atoms with Crippen LogP contribution < -0.4 is 10.6 Å². The lowest BCUT2D eigenvalue weighted by Gasteiger charge is -2.25. The molecule has 0 saturated carbocycles. The van der Waals surface area contributed by atoms with Crippen molar-refractivity contribution < 1.29 is 28.2 Å². The molecule has 0 heterocycles. The molecule has 8 heteroatoms. The monoisotopic (exact) mass is 438 g/mol. The highest BCUT2D eigenvalue weighted by Gasteiger charge is 2.29. The number of hydrogen-bond acceptors (Lipinski definition) is 5. The number of amides is 2. The zero-order valence-electron chi connectivity index (χ0n) is 18.9. The number of benzene rings is 1. The number of nitrogens with one attached hydrogen (secondary N) is 2. The molecule has 1 aromatic carbocycles. The molecule has 2 atom stereocenters. The third kappa shape index (κ3) is 11.4. The molecule has 2 unspecified atom stereocenters. The van der Waals surface area contributed by atoms with Crippen LogP contribution in [0.25, 0.3) is 0 Å². The summed E-state index contributed by atoms with van der Waals surface area (Å²) in [5, 5.41) is 5.29. The minimum absolute atomic E-state index is 0.180. The Bertz CT molecular complexity index is 691. The lowest BCUT2D eigenvalue weighted by molar-refractivity contribution is -0.147. The lowest BCUT2D eigenvalue weighted by atomic mass is 10.0. The number of carbonyl (C=O) groups is 3. The summed E-state index contributed by atoms with van der Waals surface area (Å²) in [4.78, 5) is 37.6. The second-order valence-electron chi connectivity index (χ2n) is 8.24. The van der Waals surface area contributed by atoms with E-state index in [4.69, 9.17) is 9.47 Å². The van der Waals surface area contributed by atoms with Gasteiger partial charge in [0.05, 0.1) is 13.3 Å². The summed E-state index contributed by atoms with van der Waals surface area (Å²) in [7, 11) is 0. The first-order chi connectivity index (χ1) is 14.7. The van der Waals surface area contributed by atoms with E-state index in [2.05, 4.69) is 10.6 Å². The number of alkyl halides is 1. The Balaban J connectivity index is 2.91. The van der Waals surface area contributed by atoms with Gasteiger partial charge in [0.1, 0.15) is 17.7 Å². The summed E-state index contributed by atoms with van der Waals surface area (Å²) in [6.45, 7) is 6.63. The maximum absolute atomic E-state index is 13.0. The van der Waals surface area contributed by atoms with Gasteiger partial charge in [0.15, 0.2) is 0 Å². The fourth-order valence-electron chi connectivity index (χ4n) is 2.89. The van der Waals surface area contributed by atoms with E-state index < -0.39 is 42.3 Å². The predicted molar refractivity (Wildman–Crippen MR) is 116 cm³/mol. The minimum Gasteiger partial charge on any atom is -0.464 e. The van der Waals surface area contributed by atoms with Gasteiger partial charge in [-0.3, -0.25) is 9.18 Å². The number of unbranched alkanes of at least 4 members (excludes halogenated alkanes) is 2. The standard InChI is InChI=1S/C23H35FN2O5/c1-5-30-21(28)18(14-10-7-11-15-24)25-20(27)19(16-17-12-8-6-9-13-17)26-22(29)31-23(2,3)4/h6,8-9,12-13,18-19H,5,7,10-11,14-16H2,1-4H3,(H,25,27)(H,26,29). The zero-order chi connectivity index (χ0) is 23.3. The maximum Gasteiger partial charge on any atom is 0.408 e. The topological polar surface area (TPSA) is 93.7 Å². The van der Waals surface area contributed by atoms with Crippen LogP contribution in [0.15, 0.2) is 30.3 Å². The van der Waals surface area contributed by atoms with E-state index in [0.29, 0.717) is 25.7 Å². The van der Waals surface area contributed by atoms with Crippen LogP contribution in [0.4, 0.5) is 9.18 Å². The van der Waals surface area contributed by atoms with Gasteiger partial charge in [-0.1, -0.05) is 43.2 Å². The average molecular weight is 439 g/mol. The molecule has 7 nitrogen and oxygen atoms in total. The first-order valence-electron chi connectivity index (χ1n) is 10.7. The molecule has 2 amide bonds. The first-order valence-corrected chi connectivity index (χ1v) is 10.7. The van der Waals surface area contributed by atoms with Gasteiger partial charge >= 0.3 is 12.1 Å². The molecule has 1 aromatic rings. The van der Waals surface area contributed by atoms with E-state index in [-0.39, 0.29) is 13.0 Å². The van der Waals surface area contributed by atoms with E-state index in [1.54, 1.807) is 27.7 Å². The van der Waals surface area contributed by atoms with Gasteiger partial charge in [0.2, 0.25) is 5.91 Å². The van der Waals surface area contributed by atoms with Crippen LogP contribution in [0, 0.1) is 0 Å². The van der Waals surface area contributed by atoms with E-state index in [1.165, 1.54) is 0 Å². The van der Waals surface area contributed by atoms with Crippen molar-refractivity contribution in [2.75, 3.05) is 13.3 Å². The van der Waals surface area contributed by atoms with Crippen molar-refractivity contribution in [1.29, 1.82) is 0 Å². The van der Waals surface area contributed by atoms with Crippen LogP contribution in [0.3, 0.4) is 0 Å². The minimum atomic E-state index is -0.944. The Labute approximate surface area is 184 Å². The van der Waals surface area contributed by atoms with Gasteiger partial charge in [-0.15, -0.1) is 0 Å². The Morgan fingerprint density at radius 2 is 1.68 bits per heavy atom. The highest BCUT2D eigenvalue weighted by molar-refractivity contribution is 5.89. The Kier molecular flexibility index (Phi) is 11.6. The van der Waals surface area contributed by atoms with Crippen LogP contribution in [-0.4, -0.2) is 48.9 Å². The molecule has 0 radical (unpaired) electrons. The largest absolute Gasteiger partial charge is 0.464 e. The molecule has 0 aliphatic carbocycles. The van der Waals surface area contributed by atoms with Crippen LogP contribution in [0.5, 0.6) is 0 Å². The zero-order valence-corrected chi connectivity index (χ0v) is 18.9. The lowest BCUT2D eigenvalue weighted by Crippen LogP contribution is -2.53. The van der Waals surface area contributed by atoms with Gasteiger partial charge < -0.3 is 20.1 Å². The molecule has 0 saturated heterocycles. The summed E-state index contributed by atoms with van der Waals surface area (Å²) in [5.41, 5.74) is 0.121. The smallest absolute Gasteiger partial charge is 0.408 e. The average Bonchev–Trinajstić information content (AvgIpc) is 2.69. The maximum atomic E-state index is 13.0. The first kappa shape index (κ1) is 26.4. The van der Waals surface area contributed by atoms with Crippen molar-refractivity contribution in [1.82, 2.24) is 10.6 Å². The van der Waals surface area contributed by atoms with Gasteiger partial charge in [-0.2, -0.15) is 0 Å². The van der Waals surface area contributed by atoms with Crippen LogP contribution in [0.2, 0.25) is 0 Å². The SMILES string of the molecule is CCOC(=O)C(CCCCCF)NC(=O)C(Cc1ccccc1)NC(=O)OC(C)(C)C. The molecule has 174 valence electrons. The summed E-state index contributed by atoms with van der Waals surface area (Å²) >= 11 is 0. The van der Waals surface area contributed by atoms with Crippen LogP contribution in [-0.2, 0) is 25.5 Å². The quantitative estimate of drug-likeness (QED) is 0.383. The van der Waals surface area contributed by atoms with Crippen LogP contribution >= 0.6 is 0 Å². The third-order valence-electron chi connectivity index (χ3n) is 4.30. The van der Waals surface area contributed by atoms with Gasteiger partial charge in [0.25, 0.3) is 0 Å². The molecular weight excluding hydrogens is 403 g/mol. The number of esters is 1.